The van der Waals surface area contributed by atoms with Crippen LogP contribution in [0.2, 0.25) is 0 Å². The first-order chi connectivity index (χ1) is 5.82. The number of Topliss-reactive ketones (excluding diaryl/α,β-unsaturated/α-hetero) is 1. The van der Waals surface area contributed by atoms with Crippen LogP contribution < -0.4 is 5.46 Å². The third-order valence-corrected chi connectivity index (χ3v) is 2.03. The summed E-state index contributed by atoms with van der Waals surface area (Å²) in [7, 11) is 7.11. The second-order valence-electron chi connectivity index (χ2n) is 2.60. The molecule has 1 heterocycles. The van der Waals surface area contributed by atoms with Crippen LogP contribution in [-0.4, -0.2) is 22.0 Å². The fourth-order valence-corrected chi connectivity index (χ4v) is 1.25. The number of aryl methyl sites for hydroxylation is 1. The molecule has 0 aliphatic heterocycles. The summed E-state index contributed by atoms with van der Waals surface area (Å²) in [4.78, 5) is 11.4. The van der Waals surface area contributed by atoms with Crippen LogP contribution in [0.4, 0.5) is 0 Å². The van der Waals surface area contributed by atoms with Crippen LogP contribution >= 0.6 is 34.8 Å². The fourth-order valence-electron chi connectivity index (χ4n) is 0.961. The van der Waals surface area contributed by atoms with E-state index >= 15 is 0 Å². The monoisotopic (exact) mass is 235 g/mol. The van der Waals surface area contributed by atoms with E-state index in [0.717, 1.165) is 0 Å². The van der Waals surface area contributed by atoms with E-state index in [9.17, 15) is 4.79 Å². The molecule has 68 valence electrons. The van der Waals surface area contributed by atoms with Crippen molar-refractivity contribution in [3.63, 3.8) is 0 Å². The summed E-state index contributed by atoms with van der Waals surface area (Å²) >= 11 is 16.3. The van der Waals surface area contributed by atoms with E-state index in [1.807, 2.05) is 0 Å². The Morgan fingerprint density at radius 1 is 1.54 bits per heavy atom. The third-order valence-electron chi connectivity index (χ3n) is 1.52. The minimum Gasteiger partial charge on any atom is -0.349 e. The maximum absolute atomic E-state index is 11.4. The number of nitrogens with zero attached hydrogens (tertiary/aromatic N) is 1. The van der Waals surface area contributed by atoms with E-state index in [0.29, 0.717) is 5.46 Å². The normalized spacial score (nSPS) is 11.7. The molecule has 0 unspecified atom stereocenters. The largest absolute Gasteiger partial charge is 0.349 e. The molecule has 0 amide bonds. The smallest absolute Gasteiger partial charge is 0.255 e. The second kappa shape index (κ2) is 3.56. The van der Waals surface area contributed by atoms with E-state index in [1.165, 1.54) is 10.6 Å². The predicted molar refractivity (Wildman–Crippen MR) is 55.4 cm³/mol. The number of halogens is 3. The van der Waals surface area contributed by atoms with Crippen molar-refractivity contribution in [2.45, 2.75) is 3.79 Å². The van der Waals surface area contributed by atoms with Gasteiger partial charge in [-0.3, -0.25) is 4.79 Å². The van der Waals surface area contributed by atoms with Gasteiger partial charge in [-0.15, -0.1) is 0 Å². The molecule has 0 fully saturated rings. The molecule has 6 heteroatoms. The van der Waals surface area contributed by atoms with Crippen molar-refractivity contribution in [2.24, 2.45) is 7.05 Å². The zero-order chi connectivity index (χ0) is 10.2. The van der Waals surface area contributed by atoms with Gasteiger partial charge in [-0.2, -0.15) is 0 Å². The van der Waals surface area contributed by atoms with Gasteiger partial charge in [0.15, 0.2) is 0 Å². The lowest BCUT2D eigenvalue weighted by Gasteiger charge is -2.09. The van der Waals surface area contributed by atoms with Crippen LogP contribution in [-0.2, 0) is 7.05 Å². The summed E-state index contributed by atoms with van der Waals surface area (Å²) in [5.74, 6) is -0.586. The Bertz CT molecular complexity index is 342. The van der Waals surface area contributed by atoms with E-state index in [4.69, 9.17) is 42.6 Å². The Hall–Kier alpha value is -0.115. The van der Waals surface area contributed by atoms with Gasteiger partial charge in [0, 0.05) is 7.05 Å². The Morgan fingerprint density at radius 2 is 2.08 bits per heavy atom. The molecule has 0 aromatic carbocycles. The number of hydrogen-bond acceptors (Lipinski definition) is 1. The second-order valence-corrected chi connectivity index (χ2v) is 4.88. The Balaban J connectivity index is 3.09. The first kappa shape index (κ1) is 11.0. The van der Waals surface area contributed by atoms with Gasteiger partial charge in [0.25, 0.3) is 3.79 Å². The Morgan fingerprint density at radius 3 is 2.38 bits per heavy atom. The highest BCUT2D eigenvalue weighted by molar-refractivity contribution is 6.77. The van der Waals surface area contributed by atoms with E-state index < -0.39 is 9.58 Å². The standard InChI is InChI=1S/C7H5BCl3NO/c1-12-3-4(8)2-5(12)6(13)7(9,10)11/h2-3H,1H3. The van der Waals surface area contributed by atoms with Gasteiger partial charge in [-0.1, -0.05) is 40.3 Å². The first-order valence-corrected chi connectivity index (χ1v) is 4.49. The zero-order valence-electron chi connectivity index (χ0n) is 6.72. The summed E-state index contributed by atoms with van der Waals surface area (Å²) in [5.41, 5.74) is 0.734. The predicted octanol–water partition coefficient (Wildman–Crippen LogP) is 1.37. The van der Waals surface area contributed by atoms with Crippen LogP contribution in [0.1, 0.15) is 10.5 Å². The van der Waals surface area contributed by atoms with E-state index in [-0.39, 0.29) is 5.69 Å². The van der Waals surface area contributed by atoms with Crippen molar-refractivity contribution < 1.29 is 4.79 Å². The Labute approximate surface area is 92.2 Å². The molecule has 0 aliphatic carbocycles. The molecular weight excluding hydrogens is 231 g/mol. The van der Waals surface area contributed by atoms with Crippen LogP contribution in [0, 0.1) is 0 Å². The number of hydrogen-bond donors (Lipinski definition) is 0. The lowest BCUT2D eigenvalue weighted by molar-refractivity contribution is 0.0988. The van der Waals surface area contributed by atoms with Crippen LogP contribution in [0.5, 0.6) is 0 Å². The molecule has 0 spiro atoms. The van der Waals surface area contributed by atoms with Crippen molar-refractivity contribution in [2.75, 3.05) is 0 Å². The van der Waals surface area contributed by atoms with Crippen molar-refractivity contribution in [3.05, 3.63) is 18.0 Å². The summed E-state index contributed by atoms with van der Waals surface area (Å²) < 4.78 is -0.419. The highest BCUT2D eigenvalue weighted by Crippen LogP contribution is 2.30. The van der Waals surface area contributed by atoms with Gasteiger partial charge in [-0.05, 0) is 12.3 Å². The number of rotatable bonds is 1. The van der Waals surface area contributed by atoms with Crippen molar-refractivity contribution in [1.82, 2.24) is 4.57 Å². The lowest BCUT2D eigenvalue weighted by atomic mass is 10.0. The minimum atomic E-state index is -1.93. The highest BCUT2D eigenvalue weighted by atomic mass is 35.6. The van der Waals surface area contributed by atoms with Gasteiger partial charge >= 0.3 is 0 Å². The number of alkyl halides is 3. The van der Waals surface area contributed by atoms with Gasteiger partial charge in [0.1, 0.15) is 7.85 Å². The maximum atomic E-state index is 11.4. The zero-order valence-corrected chi connectivity index (χ0v) is 8.99. The third kappa shape index (κ3) is 2.42. The van der Waals surface area contributed by atoms with Crippen LogP contribution in [0.25, 0.3) is 0 Å². The number of carbonyl (C=O) groups is 1. The highest BCUT2D eigenvalue weighted by Gasteiger charge is 2.33. The van der Waals surface area contributed by atoms with Gasteiger partial charge in [0.05, 0.1) is 5.69 Å². The minimum absolute atomic E-state index is 0.275. The van der Waals surface area contributed by atoms with Gasteiger partial charge in [-0.25, -0.2) is 0 Å². The fraction of sp³-hybridized carbons (Fsp3) is 0.286. The number of aromatic nitrogens is 1. The van der Waals surface area contributed by atoms with Crippen molar-refractivity contribution in [3.8, 4) is 0 Å². The van der Waals surface area contributed by atoms with Gasteiger partial charge in [0.2, 0.25) is 5.78 Å². The molecule has 0 N–H and O–H groups in total. The number of ketones is 1. The molecule has 13 heavy (non-hydrogen) atoms. The molecule has 2 radical (unpaired) electrons. The topological polar surface area (TPSA) is 22.0 Å². The Kier molecular flexibility index (Phi) is 3.00. The molecular formula is C7H5BCl3NO. The molecule has 0 atom stereocenters. The van der Waals surface area contributed by atoms with Crippen LogP contribution in [0.15, 0.2) is 12.3 Å². The average Bonchev–Trinajstić information content (AvgIpc) is 2.26. The van der Waals surface area contributed by atoms with Crippen molar-refractivity contribution >= 4 is 53.9 Å². The molecule has 2 nitrogen and oxygen atoms in total. The molecule has 1 aromatic heterocycles. The summed E-state index contributed by atoms with van der Waals surface area (Å²) in [6.45, 7) is 0. The number of carbonyl (C=O) groups excluding carboxylic acids is 1. The summed E-state index contributed by atoms with van der Waals surface area (Å²) in [5, 5.41) is 0. The van der Waals surface area contributed by atoms with Gasteiger partial charge < -0.3 is 4.57 Å². The van der Waals surface area contributed by atoms with E-state index in [2.05, 4.69) is 0 Å². The maximum Gasteiger partial charge on any atom is 0.255 e. The quantitative estimate of drug-likeness (QED) is 0.410. The SMILES string of the molecule is [B]c1cc(C(=O)C(Cl)(Cl)Cl)n(C)c1. The summed E-state index contributed by atoms with van der Waals surface area (Å²) in [6.07, 6.45) is 1.57. The lowest BCUT2D eigenvalue weighted by Crippen LogP contribution is -2.21. The van der Waals surface area contributed by atoms with Crippen molar-refractivity contribution in [1.29, 1.82) is 0 Å². The molecule has 1 aromatic rings. The molecule has 0 bridgehead atoms. The average molecular weight is 236 g/mol. The molecule has 1 rings (SSSR count). The van der Waals surface area contributed by atoms with E-state index in [1.54, 1.807) is 13.2 Å². The molecule has 0 saturated carbocycles. The van der Waals surface area contributed by atoms with Crippen LogP contribution in [0.3, 0.4) is 0 Å². The molecule has 0 aliphatic rings. The first-order valence-electron chi connectivity index (χ1n) is 3.35. The molecule has 0 saturated heterocycles. The summed E-state index contributed by atoms with van der Waals surface area (Å²) in [6, 6.07) is 1.46.